The van der Waals surface area contributed by atoms with Crippen LogP contribution in [0.5, 0.6) is 5.75 Å². The van der Waals surface area contributed by atoms with E-state index in [0.717, 1.165) is 12.8 Å². The van der Waals surface area contributed by atoms with Gasteiger partial charge in [-0.25, -0.2) is 0 Å². The zero-order chi connectivity index (χ0) is 12.3. The quantitative estimate of drug-likeness (QED) is 0.561. The molecule has 0 heterocycles. The summed E-state index contributed by atoms with van der Waals surface area (Å²) in [6.07, 6.45) is 1.97. The smallest absolute Gasteiger partial charge is 0.172 e. The molecule has 0 spiro atoms. The van der Waals surface area contributed by atoms with Gasteiger partial charge in [-0.2, -0.15) is 0 Å². The molecule has 1 aliphatic rings. The van der Waals surface area contributed by atoms with Gasteiger partial charge in [-0.3, -0.25) is 4.79 Å². The van der Waals surface area contributed by atoms with E-state index in [1.807, 2.05) is 31.2 Å². The lowest BCUT2D eigenvalue weighted by atomic mass is 9.96. The number of Topliss-reactive ketones (excluding diaryl/α,β-unsaturated/α-hetero) is 1. The molecule has 0 saturated heterocycles. The molecule has 0 atom stereocenters. The molecule has 0 bridgehead atoms. The fraction of sp³-hybridized carbons (Fsp3) is 0.500. The molecule has 1 saturated carbocycles. The Morgan fingerprint density at radius 2 is 2.00 bits per heavy atom. The molecule has 92 valence electrons. The van der Waals surface area contributed by atoms with E-state index < -0.39 is 0 Å². The molecule has 17 heavy (non-hydrogen) atoms. The van der Waals surface area contributed by atoms with Crippen molar-refractivity contribution >= 4 is 5.78 Å². The number of rotatable bonds is 6. The largest absolute Gasteiger partial charge is 0.490 e. The number of carbonyl (C=O) groups is 1. The number of hydrogen-bond acceptors (Lipinski definition) is 3. The van der Waals surface area contributed by atoms with Crippen molar-refractivity contribution in [3.05, 3.63) is 29.8 Å². The Labute approximate surface area is 102 Å². The first kappa shape index (κ1) is 12.1. The third kappa shape index (κ3) is 2.67. The lowest BCUT2D eigenvalue weighted by Gasteiger charge is -2.13. The van der Waals surface area contributed by atoms with E-state index in [1.54, 1.807) is 7.11 Å². The van der Waals surface area contributed by atoms with Gasteiger partial charge in [0.05, 0.1) is 12.2 Å². The van der Waals surface area contributed by atoms with Crippen molar-refractivity contribution in [2.75, 3.05) is 20.3 Å². The van der Waals surface area contributed by atoms with Crippen molar-refractivity contribution in [2.45, 2.75) is 19.8 Å². The highest BCUT2D eigenvalue weighted by molar-refractivity contribution is 6.04. The second kappa shape index (κ2) is 4.88. The average Bonchev–Trinajstić information content (AvgIpc) is 3.09. The number of ketones is 1. The highest BCUT2D eigenvalue weighted by Gasteiger charge is 2.45. The van der Waals surface area contributed by atoms with Crippen LogP contribution in [0.15, 0.2) is 24.3 Å². The monoisotopic (exact) mass is 234 g/mol. The summed E-state index contributed by atoms with van der Waals surface area (Å²) in [5, 5.41) is 0. The molecule has 0 aromatic heterocycles. The average molecular weight is 234 g/mol. The van der Waals surface area contributed by atoms with E-state index in [1.165, 1.54) is 0 Å². The molecule has 1 aromatic carbocycles. The van der Waals surface area contributed by atoms with Crippen LogP contribution in [0.3, 0.4) is 0 Å². The predicted molar refractivity (Wildman–Crippen MR) is 65.5 cm³/mol. The molecule has 0 aliphatic heterocycles. The molecule has 2 rings (SSSR count). The summed E-state index contributed by atoms with van der Waals surface area (Å²) >= 11 is 0. The third-order valence-electron chi connectivity index (χ3n) is 3.22. The van der Waals surface area contributed by atoms with Gasteiger partial charge < -0.3 is 9.47 Å². The molecule has 3 nitrogen and oxygen atoms in total. The van der Waals surface area contributed by atoms with Gasteiger partial charge in [-0.05, 0) is 25.0 Å². The van der Waals surface area contributed by atoms with Gasteiger partial charge in [-0.15, -0.1) is 0 Å². The zero-order valence-electron chi connectivity index (χ0n) is 10.4. The van der Waals surface area contributed by atoms with Crippen LogP contribution in [-0.4, -0.2) is 26.1 Å². The maximum Gasteiger partial charge on any atom is 0.172 e. The molecule has 1 aromatic rings. The standard InChI is InChI=1S/C14H18O3/c1-14(7-8-14)13(15)11-5-3-4-6-12(11)17-10-9-16-2/h3-6H,7-10H2,1-2H3. The zero-order valence-corrected chi connectivity index (χ0v) is 10.4. The topological polar surface area (TPSA) is 35.5 Å². The van der Waals surface area contributed by atoms with Gasteiger partial charge >= 0.3 is 0 Å². The summed E-state index contributed by atoms with van der Waals surface area (Å²) in [4.78, 5) is 12.3. The Bertz CT molecular complexity index is 408. The Balaban J connectivity index is 2.13. The van der Waals surface area contributed by atoms with Gasteiger partial charge in [0.2, 0.25) is 0 Å². The number of carbonyl (C=O) groups excluding carboxylic acids is 1. The minimum atomic E-state index is -0.152. The highest BCUT2D eigenvalue weighted by atomic mass is 16.5. The summed E-state index contributed by atoms with van der Waals surface area (Å²) < 4.78 is 10.5. The summed E-state index contributed by atoms with van der Waals surface area (Å²) in [5.74, 6) is 0.869. The normalized spacial score (nSPS) is 16.6. The van der Waals surface area contributed by atoms with Gasteiger partial charge in [0.1, 0.15) is 12.4 Å². The summed E-state index contributed by atoms with van der Waals surface area (Å²) in [7, 11) is 1.63. The Hall–Kier alpha value is -1.35. The van der Waals surface area contributed by atoms with Crippen molar-refractivity contribution < 1.29 is 14.3 Å². The van der Waals surface area contributed by atoms with Gasteiger partial charge in [0.25, 0.3) is 0 Å². The van der Waals surface area contributed by atoms with Crippen LogP contribution in [0.2, 0.25) is 0 Å². The molecule has 1 fully saturated rings. The maximum absolute atomic E-state index is 12.3. The van der Waals surface area contributed by atoms with E-state index in [0.29, 0.717) is 24.5 Å². The number of hydrogen-bond donors (Lipinski definition) is 0. The van der Waals surface area contributed by atoms with Gasteiger partial charge in [0.15, 0.2) is 5.78 Å². The van der Waals surface area contributed by atoms with E-state index in [4.69, 9.17) is 9.47 Å². The second-order valence-electron chi connectivity index (χ2n) is 4.73. The molecule has 0 radical (unpaired) electrons. The fourth-order valence-electron chi connectivity index (χ4n) is 1.75. The Morgan fingerprint density at radius 3 is 2.65 bits per heavy atom. The molecule has 0 N–H and O–H groups in total. The van der Waals surface area contributed by atoms with Crippen LogP contribution >= 0.6 is 0 Å². The Morgan fingerprint density at radius 1 is 1.29 bits per heavy atom. The van der Waals surface area contributed by atoms with Crippen LogP contribution in [0.4, 0.5) is 0 Å². The minimum absolute atomic E-state index is 0.152. The number of para-hydroxylation sites is 1. The van der Waals surface area contributed by atoms with Crippen LogP contribution in [-0.2, 0) is 4.74 Å². The Kier molecular flexibility index (Phi) is 3.48. The van der Waals surface area contributed by atoms with Crippen LogP contribution in [0, 0.1) is 5.41 Å². The first-order valence-corrected chi connectivity index (χ1v) is 5.93. The molecular formula is C14H18O3. The fourth-order valence-corrected chi connectivity index (χ4v) is 1.75. The van der Waals surface area contributed by atoms with Crippen LogP contribution in [0.25, 0.3) is 0 Å². The van der Waals surface area contributed by atoms with Crippen LogP contribution < -0.4 is 4.74 Å². The lowest BCUT2D eigenvalue weighted by Crippen LogP contribution is -2.14. The van der Waals surface area contributed by atoms with Crippen molar-refractivity contribution in [2.24, 2.45) is 5.41 Å². The lowest BCUT2D eigenvalue weighted by molar-refractivity contribution is 0.0905. The van der Waals surface area contributed by atoms with E-state index in [-0.39, 0.29) is 11.2 Å². The predicted octanol–water partition coefficient (Wildman–Crippen LogP) is 2.69. The molecule has 0 amide bonds. The van der Waals surface area contributed by atoms with Crippen molar-refractivity contribution in [1.82, 2.24) is 0 Å². The second-order valence-corrected chi connectivity index (χ2v) is 4.73. The van der Waals surface area contributed by atoms with Gasteiger partial charge in [-0.1, -0.05) is 19.1 Å². The number of benzene rings is 1. The molecule has 1 aliphatic carbocycles. The van der Waals surface area contributed by atoms with Crippen LogP contribution in [0.1, 0.15) is 30.1 Å². The van der Waals surface area contributed by atoms with E-state index in [9.17, 15) is 4.79 Å². The first-order valence-electron chi connectivity index (χ1n) is 5.93. The van der Waals surface area contributed by atoms with E-state index >= 15 is 0 Å². The van der Waals surface area contributed by atoms with Crippen molar-refractivity contribution in [1.29, 1.82) is 0 Å². The first-order chi connectivity index (χ1) is 8.17. The minimum Gasteiger partial charge on any atom is -0.490 e. The van der Waals surface area contributed by atoms with E-state index in [2.05, 4.69) is 0 Å². The molecule has 3 heteroatoms. The van der Waals surface area contributed by atoms with Crippen molar-refractivity contribution in [3.8, 4) is 5.75 Å². The number of methoxy groups -OCH3 is 1. The third-order valence-corrected chi connectivity index (χ3v) is 3.22. The molecular weight excluding hydrogens is 216 g/mol. The number of ether oxygens (including phenoxy) is 2. The highest BCUT2D eigenvalue weighted by Crippen LogP contribution is 2.48. The van der Waals surface area contributed by atoms with Gasteiger partial charge in [0, 0.05) is 12.5 Å². The molecule has 0 unspecified atom stereocenters. The maximum atomic E-state index is 12.3. The SMILES string of the molecule is COCCOc1ccccc1C(=O)C1(C)CC1. The summed E-state index contributed by atoms with van der Waals surface area (Å²) in [5.41, 5.74) is 0.546. The summed E-state index contributed by atoms with van der Waals surface area (Å²) in [6.45, 7) is 3.01. The summed E-state index contributed by atoms with van der Waals surface area (Å²) in [6, 6.07) is 7.44. The van der Waals surface area contributed by atoms with Crippen molar-refractivity contribution in [3.63, 3.8) is 0 Å².